The second kappa shape index (κ2) is 3.87. The summed E-state index contributed by atoms with van der Waals surface area (Å²) in [5.41, 5.74) is 5.47. The molecule has 0 aliphatic carbocycles. The Bertz CT molecular complexity index is 163. The molecule has 0 saturated carbocycles. The Morgan fingerprint density at radius 3 is 2.17 bits per heavy atom. The van der Waals surface area contributed by atoms with Gasteiger partial charge in [-0.3, -0.25) is 9.63 Å². The van der Waals surface area contributed by atoms with Crippen molar-refractivity contribution in [1.82, 2.24) is 5.06 Å². The molecule has 4 nitrogen and oxygen atoms in total. The first-order chi connectivity index (χ1) is 5.30. The molecule has 0 saturated heterocycles. The molecular weight excluding hydrogens is 156 g/mol. The lowest BCUT2D eigenvalue weighted by atomic mass is 9.87. The summed E-state index contributed by atoms with van der Waals surface area (Å²) in [6.07, 6.45) is 0. The molecule has 0 spiro atoms. The fraction of sp³-hybridized carbons (Fsp3) is 0.875. The molecule has 0 aromatic heterocycles. The van der Waals surface area contributed by atoms with Gasteiger partial charge in [-0.2, -0.15) is 0 Å². The number of hydrogen-bond acceptors (Lipinski definition) is 3. The maximum Gasteiger partial charge on any atom is 0.263 e. The zero-order chi connectivity index (χ0) is 9.94. The summed E-state index contributed by atoms with van der Waals surface area (Å²) in [4.78, 5) is 16.1. The van der Waals surface area contributed by atoms with Crippen LogP contribution in [0.2, 0.25) is 0 Å². The van der Waals surface area contributed by atoms with Crippen molar-refractivity contribution < 1.29 is 9.63 Å². The van der Waals surface area contributed by atoms with Crippen LogP contribution in [0.3, 0.4) is 0 Å². The molecule has 1 unspecified atom stereocenters. The number of hydrogen-bond donors (Lipinski definition) is 1. The van der Waals surface area contributed by atoms with Crippen LogP contribution in [0.25, 0.3) is 0 Å². The molecule has 0 aliphatic rings. The van der Waals surface area contributed by atoms with E-state index in [-0.39, 0.29) is 11.3 Å². The normalized spacial score (nSPS) is 14.2. The fourth-order valence-electron chi connectivity index (χ4n) is 0.656. The Morgan fingerprint density at radius 1 is 1.50 bits per heavy atom. The topological polar surface area (TPSA) is 55.6 Å². The molecule has 1 amide bonds. The second-order valence-electron chi connectivity index (χ2n) is 3.86. The van der Waals surface area contributed by atoms with E-state index in [4.69, 9.17) is 10.6 Å². The van der Waals surface area contributed by atoms with E-state index in [1.54, 1.807) is 7.05 Å². The van der Waals surface area contributed by atoms with Gasteiger partial charge >= 0.3 is 0 Å². The van der Waals surface area contributed by atoms with E-state index in [0.717, 1.165) is 5.06 Å². The Morgan fingerprint density at radius 2 is 1.92 bits per heavy atom. The number of carbonyl (C=O) groups excluding carboxylic acids is 1. The zero-order valence-electron chi connectivity index (χ0n) is 8.42. The predicted molar refractivity (Wildman–Crippen MR) is 47.2 cm³/mol. The molecule has 12 heavy (non-hydrogen) atoms. The summed E-state index contributed by atoms with van der Waals surface area (Å²) in [5, 5.41) is 1.15. The number of amides is 1. The maximum absolute atomic E-state index is 11.4. The molecule has 0 fully saturated rings. The SMILES string of the molecule is CON(C)C(=O)C(N)C(C)(C)C. The second-order valence-corrected chi connectivity index (χ2v) is 3.86. The van der Waals surface area contributed by atoms with Crippen LogP contribution >= 0.6 is 0 Å². The monoisotopic (exact) mass is 174 g/mol. The van der Waals surface area contributed by atoms with Crippen LogP contribution in [0.5, 0.6) is 0 Å². The van der Waals surface area contributed by atoms with Crippen molar-refractivity contribution in [1.29, 1.82) is 0 Å². The highest BCUT2D eigenvalue weighted by Crippen LogP contribution is 2.18. The van der Waals surface area contributed by atoms with E-state index in [2.05, 4.69) is 0 Å². The van der Waals surface area contributed by atoms with Crippen molar-refractivity contribution in [2.45, 2.75) is 26.8 Å². The van der Waals surface area contributed by atoms with Gasteiger partial charge in [0, 0.05) is 7.05 Å². The molecular formula is C8H18N2O2. The van der Waals surface area contributed by atoms with Crippen LogP contribution in [0, 0.1) is 5.41 Å². The van der Waals surface area contributed by atoms with Gasteiger partial charge in [-0.15, -0.1) is 0 Å². The van der Waals surface area contributed by atoms with Gasteiger partial charge in [-0.25, -0.2) is 5.06 Å². The Balaban J connectivity index is 4.30. The summed E-state index contributed by atoms with van der Waals surface area (Å²) in [5.74, 6) is -0.204. The van der Waals surface area contributed by atoms with Crippen LogP contribution in [0.15, 0.2) is 0 Å². The van der Waals surface area contributed by atoms with E-state index < -0.39 is 6.04 Å². The van der Waals surface area contributed by atoms with Crippen LogP contribution in [-0.2, 0) is 9.63 Å². The summed E-state index contributed by atoms with van der Waals surface area (Å²) < 4.78 is 0. The van der Waals surface area contributed by atoms with Crippen LogP contribution in [0.1, 0.15) is 20.8 Å². The standard InChI is InChI=1S/C8H18N2O2/c1-8(2,3)6(9)7(11)10(4)12-5/h6H,9H2,1-5H3. The van der Waals surface area contributed by atoms with Gasteiger partial charge in [0.05, 0.1) is 13.2 Å². The minimum atomic E-state index is -0.526. The van der Waals surface area contributed by atoms with Crippen LogP contribution < -0.4 is 5.73 Å². The zero-order valence-corrected chi connectivity index (χ0v) is 8.42. The van der Waals surface area contributed by atoms with Gasteiger partial charge in [0.15, 0.2) is 0 Å². The van der Waals surface area contributed by atoms with Crippen LogP contribution in [0.4, 0.5) is 0 Å². The third-order valence-corrected chi connectivity index (χ3v) is 1.78. The van der Waals surface area contributed by atoms with Gasteiger partial charge in [0.2, 0.25) is 0 Å². The van der Waals surface area contributed by atoms with Gasteiger partial charge in [0.25, 0.3) is 5.91 Å². The Kier molecular flexibility index (Phi) is 3.67. The molecule has 4 heteroatoms. The molecule has 0 aliphatic heterocycles. The largest absolute Gasteiger partial charge is 0.319 e. The maximum atomic E-state index is 11.4. The molecule has 0 radical (unpaired) electrons. The highest BCUT2D eigenvalue weighted by molar-refractivity contribution is 5.81. The summed E-state index contributed by atoms with van der Waals surface area (Å²) in [7, 11) is 2.99. The van der Waals surface area contributed by atoms with Crippen molar-refractivity contribution >= 4 is 5.91 Å². The average molecular weight is 174 g/mol. The van der Waals surface area contributed by atoms with E-state index in [0.29, 0.717) is 0 Å². The van der Waals surface area contributed by atoms with E-state index in [1.807, 2.05) is 20.8 Å². The van der Waals surface area contributed by atoms with Gasteiger partial charge in [-0.05, 0) is 5.41 Å². The smallest absolute Gasteiger partial charge is 0.263 e. The lowest BCUT2D eigenvalue weighted by Crippen LogP contribution is -2.48. The van der Waals surface area contributed by atoms with E-state index >= 15 is 0 Å². The third kappa shape index (κ3) is 2.79. The number of nitrogens with two attached hydrogens (primary N) is 1. The quantitative estimate of drug-likeness (QED) is 0.616. The van der Waals surface area contributed by atoms with E-state index in [1.165, 1.54) is 7.11 Å². The predicted octanol–water partition coefficient (Wildman–Crippen LogP) is 0.380. The summed E-state index contributed by atoms with van der Waals surface area (Å²) >= 11 is 0. The molecule has 0 heterocycles. The fourth-order valence-corrected chi connectivity index (χ4v) is 0.656. The van der Waals surface area contributed by atoms with Crippen molar-refractivity contribution in [3.05, 3.63) is 0 Å². The Labute approximate surface area is 73.6 Å². The van der Waals surface area contributed by atoms with Crippen molar-refractivity contribution in [2.24, 2.45) is 11.1 Å². The first kappa shape index (κ1) is 11.4. The molecule has 2 N–H and O–H groups in total. The summed E-state index contributed by atoms with van der Waals surface area (Å²) in [6, 6.07) is -0.526. The van der Waals surface area contributed by atoms with Crippen molar-refractivity contribution in [2.75, 3.05) is 14.2 Å². The van der Waals surface area contributed by atoms with Gasteiger partial charge in [-0.1, -0.05) is 20.8 Å². The van der Waals surface area contributed by atoms with Gasteiger partial charge in [0.1, 0.15) is 0 Å². The van der Waals surface area contributed by atoms with E-state index in [9.17, 15) is 4.79 Å². The lowest BCUT2D eigenvalue weighted by Gasteiger charge is -2.28. The molecule has 0 bridgehead atoms. The molecule has 0 aromatic rings. The summed E-state index contributed by atoms with van der Waals surface area (Å²) in [6.45, 7) is 5.75. The number of hydroxylamine groups is 2. The third-order valence-electron chi connectivity index (χ3n) is 1.78. The molecule has 72 valence electrons. The highest BCUT2D eigenvalue weighted by atomic mass is 16.7. The van der Waals surface area contributed by atoms with Crippen LogP contribution in [-0.4, -0.2) is 31.2 Å². The lowest BCUT2D eigenvalue weighted by molar-refractivity contribution is -0.172. The minimum Gasteiger partial charge on any atom is -0.319 e. The number of carbonyl (C=O) groups is 1. The highest BCUT2D eigenvalue weighted by Gasteiger charge is 2.29. The number of nitrogens with zero attached hydrogens (tertiary/aromatic N) is 1. The molecule has 1 atom stereocenters. The van der Waals surface area contributed by atoms with Gasteiger partial charge < -0.3 is 5.73 Å². The Hall–Kier alpha value is -0.610. The molecule has 0 aromatic carbocycles. The van der Waals surface area contributed by atoms with Crippen molar-refractivity contribution in [3.63, 3.8) is 0 Å². The average Bonchev–Trinajstić information content (AvgIpc) is 1.98. The first-order valence-electron chi connectivity index (χ1n) is 3.88. The van der Waals surface area contributed by atoms with Crippen molar-refractivity contribution in [3.8, 4) is 0 Å². The first-order valence-corrected chi connectivity index (χ1v) is 3.88. The molecule has 0 rings (SSSR count). The number of likely N-dealkylation sites (N-methyl/N-ethyl adjacent to an activating group) is 1. The minimum absolute atomic E-state index is 0.204. The number of rotatable bonds is 2.